The molecule has 0 saturated heterocycles. The van der Waals surface area contributed by atoms with Gasteiger partial charge >= 0.3 is 133 Å². The van der Waals surface area contributed by atoms with Crippen molar-refractivity contribution in [1.29, 1.82) is 0 Å². The molecule has 2 rings (SSSR count). The van der Waals surface area contributed by atoms with Crippen LogP contribution in [0.4, 0.5) is 0 Å². The summed E-state index contributed by atoms with van der Waals surface area (Å²) in [6, 6.07) is 20.0. The topological polar surface area (TPSA) is 0 Å². The fourth-order valence-corrected chi connectivity index (χ4v) is 2.29. The van der Waals surface area contributed by atoms with Gasteiger partial charge in [0.05, 0.1) is 0 Å². The van der Waals surface area contributed by atoms with Gasteiger partial charge < -0.3 is 0 Å². The van der Waals surface area contributed by atoms with Crippen molar-refractivity contribution >= 4 is 15.0 Å². The van der Waals surface area contributed by atoms with Crippen LogP contribution in [-0.4, -0.2) is 15.0 Å². The molecule has 0 radical (unpaired) electrons. The first-order chi connectivity index (χ1) is 10.4. The van der Waals surface area contributed by atoms with Gasteiger partial charge in [-0.25, -0.2) is 0 Å². The summed E-state index contributed by atoms with van der Waals surface area (Å²) in [4.78, 5) is 4.17. The normalized spacial score (nSPS) is 9.90. The zero-order valence-corrected chi connectivity index (χ0v) is 13.2. The summed E-state index contributed by atoms with van der Waals surface area (Å²) in [6.07, 6.45) is 3.81. The molecule has 0 aliphatic heterocycles. The summed E-state index contributed by atoms with van der Waals surface area (Å²) in [7, 11) is 0. The molecule has 0 nitrogen and oxygen atoms in total. The van der Waals surface area contributed by atoms with E-state index in [1.807, 2.05) is 72.8 Å². The number of allylic oxidation sites excluding steroid dienone is 2. The van der Waals surface area contributed by atoms with Crippen molar-refractivity contribution in [2.75, 3.05) is 0 Å². The average Bonchev–Trinajstić information content (AvgIpc) is 2.55. The van der Waals surface area contributed by atoms with E-state index in [2.05, 4.69) is 33.6 Å². The van der Waals surface area contributed by atoms with Crippen LogP contribution in [0.2, 0.25) is 0 Å². The van der Waals surface area contributed by atoms with Crippen molar-refractivity contribution in [2.45, 2.75) is 0 Å². The Balaban J connectivity index is 1.75. The van der Waals surface area contributed by atoms with Gasteiger partial charge in [0, 0.05) is 0 Å². The Morgan fingerprint density at radius 2 is 1.05 bits per heavy atom. The molecule has 0 bridgehead atoms. The SMILES string of the molecule is C(#Cc1ccccc1)/C=C/[Se]/C=C/C#Cc1ccccc1. The maximum absolute atomic E-state index is 3.09. The van der Waals surface area contributed by atoms with E-state index in [4.69, 9.17) is 0 Å². The van der Waals surface area contributed by atoms with Gasteiger partial charge in [-0.15, -0.1) is 0 Å². The molecule has 0 heterocycles. The van der Waals surface area contributed by atoms with E-state index in [1.165, 1.54) is 0 Å². The monoisotopic (exact) mass is 334 g/mol. The van der Waals surface area contributed by atoms with Crippen LogP contribution in [0.1, 0.15) is 11.1 Å². The van der Waals surface area contributed by atoms with Crippen LogP contribution in [0.5, 0.6) is 0 Å². The first-order valence-corrected chi connectivity index (χ1v) is 8.51. The summed E-state index contributed by atoms with van der Waals surface area (Å²) < 4.78 is 0. The van der Waals surface area contributed by atoms with Gasteiger partial charge in [0.25, 0.3) is 0 Å². The van der Waals surface area contributed by atoms with E-state index in [-0.39, 0.29) is 0 Å². The Hall–Kier alpha value is -2.44. The third-order valence-electron chi connectivity index (χ3n) is 2.44. The predicted molar refractivity (Wildman–Crippen MR) is 90.7 cm³/mol. The molecule has 0 aliphatic rings. The van der Waals surface area contributed by atoms with Crippen molar-refractivity contribution in [3.05, 3.63) is 93.9 Å². The fraction of sp³-hybridized carbons (Fsp3) is 0. The zero-order valence-electron chi connectivity index (χ0n) is 11.5. The summed E-state index contributed by atoms with van der Waals surface area (Å²) in [5, 5.41) is 0. The van der Waals surface area contributed by atoms with Gasteiger partial charge in [-0.1, -0.05) is 0 Å². The molecule has 0 N–H and O–H groups in total. The molecule has 1 heteroatoms. The molecular formula is C20H14Se. The van der Waals surface area contributed by atoms with Crippen LogP contribution < -0.4 is 0 Å². The molecule has 0 unspecified atom stereocenters. The van der Waals surface area contributed by atoms with E-state index >= 15 is 0 Å². The minimum atomic E-state index is 0.302. The number of benzene rings is 2. The third-order valence-corrected chi connectivity index (χ3v) is 3.67. The van der Waals surface area contributed by atoms with E-state index in [9.17, 15) is 0 Å². The van der Waals surface area contributed by atoms with Gasteiger partial charge in [-0.05, 0) is 0 Å². The van der Waals surface area contributed by atoms with Crippen LogP contribution in [0, 0.1) is 23.7 Å². The molecule has 0 saturated carbocycles. The third kappa shape index (κ3) is 6.51. The molecule has 0 atom stereocenters. The number of hydrogen-bond acceptors (Lipinski definition) is 0. The molecule has 0 fully saturated rings. The van der Waals surface area contributed by atoms with Gasteiger partial charge in [-0.3, -0.25) is 0 Å². The molecule has 2 aromatic carbocycles. The standard InChI is InChI=1S/C20H14Se/c1-3-11-19(12-4-1)15-7-9-17-21-18-10-8-16-20-13-5-2-6-14-20/h1-6,9-14,17-18H/b17-9+,18-10+. The van der Waals surface area contributed by atoms with Crippen molar-refractivity contribution in [3.8, 4) is 23.7 Å². The molecule has 0 aromatic heterocycles. The predicted octanol–water partition coefficient (Wildman–Crippen LogP) is 3.82. The summed E-state index contributed by atoms with van der Waals surface area (Å²) >= 11 is 0.302. The number of rotatable bonds is 2. The Morgan fingerprint density at radius 1 is 0.619 bits per heavy atom. The van der Waals surface area contributed by atoms with Crippen molar-refractivity contribution in [2.24, 2.45) is 0 Å². The van der Waals surface area contributed by atoms with Crippen molar-refractivity contribution < 1.29 is 0 Å². The summed E-state index contributed by atoms with van der Waals surface area (Å²) in [6.45, 7) is 0. The van der Waals surface area contributed by atoms with Gasteiger partial charge in [0.15, 0.2) is 0 Å². The molecule has 21 heavy (non-hydrogen) atoms. The van der Waals surface area contributed by atoms with Gasteiger partial charge in [-0.2, -0.15) is 0 Å². The van der Waals surface area contributed by atoms with Gasteiger partial charge in [0.2, 0.25) is 0 Å². The molecule has 2 aromatic rings. The van der Waals surface area contributed by atoms with Crippen LogP contribution in [0.25, 0.3) is 0 Å². The molecule has 0 aliphatic carbocycles. The molecular weight excluding hydrogens is 319 g/mol. The van der Waals surface area contributed by atoms with Crippen LogP contribution in [0.15, 0.2) is 82.8 Å². The fourth-order valence-electron chi connectivity index (χ4n) is 1.48. The minimum absolute atomic E-state index is 0.302. The average molecular weight is 333 g/mol. The van der Waals surface area contributed by atoms with E-state index in [1.54, 1.807) is 0 Å². The first-order valence-electron chi connectivity index (χ1n) is 6.54. The Bertz CT molecular complexity index is 652. The van der Waals surface area contributed by atoms with E-state index in [0.717, 1.165) is 11.1 Å². The summed E-state index contributed by atoms with van der Waals surface area (Å²) in [5.41, 5.74) is 2.08. The van der Waals surface area contributed by atoms with Gasteiger partial charge in [0.1, 0.15) is 0 Å². The second-order valence-corrected chi connectivity index (χ2v) is 5.73. The van der Waals surface area contributed by atoms with E-state index < -0.39 is 0 Å². The Kier molecular flexibility index (Phi) is 6.74. The molecule has 100 valence electrons. The molecule has 0 amide bonds. The second-order valence-electron chi connectivity index (χ2n) is 4.01. The Morgan fingerprint density at radius 3 is 1.48 bits per heavy atom. The van der Waals surface area contributed by atoms with Crippen molar-refractivity contribution in [3.63, 3.8) is 0 Å². The van der Waals surface area contributed by atoms with E-state index in [0.29, 0.717) is 15.0 Å². The Labute approximate surface area is 132 Å². The zero-order chi connectivity index (χ0) is 14.6. The quantitative estimate of drug-likeness (QED) is 0.579. The van der Waals surface area contributed by atoms with Crippen LogP contribution >= 0.6 is 0 Å². The maximum atomic E-state index is 3.09. The molecule has 0 spiro atoms. The van der Waals surface area contributed by atoms with Crippen molar-refractivity contribution in [1.82, 2.24) is 0 Å². The van der Waals surface area contributed by atoms with Crippen LogP contribution in [0.3, 0.4) is 0 Å². The first kappa shape index (κ1) is 15.0. The summed E-state index contributed by atoms with van der Waals surface area (Å²) in [5.74, 6) is 12.2. The number of hydrogen-bond donors (Lipinski definition) is 0. The van der Waals surface area contributed by atoms with Crippen LogP contribution in [-0.2, 0) is 0 Å². The second kappa shape index (κ2) is 9.46.